The van der Waals surface area contributed by atoms with Gasteiger partial charge in [-0.3, -0.25) is 9.59 Å². The molecule has 42 heavy (non-hydrogen) atoms. The quantitative estimate of drug-likeness (QED) is 0.146. The molecule has 0 spiro atoms. The Morgan fingerprint density at radius 3 is 1.14 bits per heavy atom. The molecule has 2 aromatic carbocycles. The molecule has 0 aliphatic heterocycles. The van der Waals surface area contributed by atoms with Crippen molar-refractivity contribution < 1.29 is 19.1 Å². The van der Waals surface area contributed by atoms with E-state index < -0.39 is 0 Å². The van der Waals surface area contributed by atoms with Gasteiger partial charge in [0.25, 0.3) is 0 Å². The first-order valence-corrected chi connectivity index (χ1v) is 17.1. The number of hydrogen-bond acceptors (Lipinski definition) is 4. The lowest BCUT2D eigenvalue weighted by molar-refractivity contribution is -0.221. The number of carbonyl (C=O) groups excluding carboxylic acids is 2. The highest BCUT2D eigenvalue weighted by atomic mass is 16.5. The van der Waals surface area contributed by atoms with Crippen molar-refractivity contribution in [1.82, 2.24) is 0 Å². The molecule has 224 valence electrons. The summed E-state index contributed by atoms with van der Waals surface area (Å²) >= 11 is 0. The van der Waals surface area contributed by atoms with Crippen molar-refractivity contribution in [2.24, 2.45) is 35.5 Å². The van der Waals surface area contributed by atoms with E-state index in [1.807, 2.05) is 24.3 Å². The van der Waals surface area contributed by atoms with Crippen LogP contribution in [0, 0.1) is 35.5 Å². The monoisotopic (exact) mass is 568 g/mol. The van der Waals surface area contributed by atoms with Crippen molar-refractivity contribution in [2.75, 3.05) is 0 Å². The highest BCUT2D eigenvalue weighted by Crippen LogP contribution is 2.77. The molecule has 7 saturated carbocycles. The highest BCUT2D eigenvalue weighted by Gasteiger charge is 2.70. The normalized spacial score (nSPS) is 35.0. The maximum absolute atomic E-state index is 12.2. The molecule has 0 saturated heterocycles. The van der Waals surface area contributed by atoms with Gasteiger partial charge in [0.1, 0.15) is 11.5 Å². The SMILES string of the molecule is CCCCCC(=O)Oc1ccc(C23CC4C5CC6(c7ccc(OC(=O)CCCCC)cc7)CC4C(C2)C(C6)C5C3)cc1. The van der Waals surface area contributed by atoms with E-state index in [1.54, 1.807) is 0 Å². The van der Waals surface area contributed by atoms with Crippen LogP contribution in [0.2, 0.25) is 0 Å². The third-order valence-corrected chi connectivity index (χ3v) is 12.4. The van der Waals surface area contributed by atoms with E-state index in [1.165, 1.54) is 49.7 Å². The van der Waals surface area contributed by atoms with Gasteiger partial charge in [-0.1, -0.05) is 63.8 Å². The molecule has 0 N–H and O–H groups in total. The zero-order valence-electron chi connectivity index (χ0n) is 25.6. The summed E-state index contributed by atoms with van der Waals surface area (Å²) in [5, 5.41) is 0. The highest BCUT2D eigenvalue weighted by molar-refractivity contribution is 5.72. The predicted octanol–water partition coefficient (Wildman–Crippen LogP) is 8.94. The van der Waals surface area contributed by atoms with Crippen LogP contribution in [-0.2, 0) is 20.4 Å². The van der Waals surface area contributed by atoms with E-state index in [0.717, 1.165) is 74.0 Å². The number of carbonyl (C=O) groups is 2. The van der Waals surface area contributed by atoms with Crippen LogP contribution in [0.25, 0.3) is 0 Å². The van der Waals surface area contributed by atoms with Crippen molar-refractivity contribution in [3.8, 4) is 11.5 Å². The first-order valence-electron chi connectivity index (χ1n) is 17.1. The van der Waals surface area contributed by atoms with Crippen molar-refractivity contribution in [3.63, 3.8) is 0 Å². The maximum atomic E-state index is 12.2. The summed E-state index contributed by atoms with van der Waals surface area (Å²) in [5.74, 6) is 6.30. The van der Waals surface area contributed by atoms with Crippen LogP contribution < -0.4 is 9.47 Å². The Morgan fingerprint density at radius 1 is 0.548 bits per heavy atom. The van der Waals surface area contributed by atoms with Gasteiger partial charge in [0.05, 0.1) is 0 Å². The Kier molecular flexibility index (Phi) is 7.47. The van der Waals surface area contributed by atoms with E-state index in [9.17, 15) is 9.59 Å². The number of ether oxygens (including phenoxy) is 2. The average molecular weight is 569 g/mol. The average Bonchev–Trinajstić information content (AvgIpc) is 3.00. The fourth-order valence-electron chi connectivity index (χ4n) is 10.8. The van der Waals surface area contributed by atoms with Crippen molar-refractivity contribution in [3.05, 3.63) is 59.7 Å². The zero-order valence-corrected chi connectivity index (χ0v) is 25.6. The minimum absolute atomic E-state index is 0.106. The number of unbranched alkanes of at least 4 members (excludes halogenated alkanes) is 4. The van der Waals surface area contributed by atoms with Gasteiger partial charge >= 0.3 is 11.9 Å². The van der Waals surface area contributed by atoms with Gasteiger partial charge in [0.15, 0.2) is 0 Å². The Morgan fingerprint density at radius 2 is 0.857 bits per heavy atom. The minimum atomic E-state index is -0.106. The van der Waals surface area contributed by atoms with E-state index >= 15 is 0 Å². The van der Waals surface area contributed by atoms with Gasteiger partial charge in [0, 0.05) is 12.8 Å². The molecule has 7 aliphatic rings. The molecule has 7 aliphatic carbocycles. The van der Waals surface area contributed by atoms with Crippen LogP contribution >= 0.6 is 0 Å². The summed E-state index contributed by atoms with van der Waals surface area (Å²) in [6.45, 7) is 4.30. The molecule has 2 aromatic rings. The second-order valence-electron chi connectivity index (χ2n) is 14.7. The van der Waals surface area contributed by atoms with Gasteiger partial charge in [-0.15, -0.1) is 0 Å². The first-order chi connectivity index (χ1) is 20.4. The smallest absolute Gasteiger partial charge is 0.311 e. The summed E-state index contributed by atoms with van der Waals surface area (Å²) in [5.41, 5.74) is 3.59. The van der Waals surface area contributed by atoms with Crippen LogP contribution in [0.4, 0.5) is 0 Å². The summed E-state index contributed by atoms with van der Waals surface area (Å²) in [4.78, 5) is 24.5. The number of esters is 2. The summed E-state index contributed by atoms with van der Waals surface area (Å²) in [6, 6.07) is 17.3. The van der Waals surface area contributed by atoms with Crippen molar-refractivity contribution >= 4 is 11.9 Å². The van der Waals surface area contributed by atoms with Gasteiger partial charge in [-0.2, -0.15) is 0 Å². The topological polar surface area (TPSA) is 52.6 Å². The van der Waals surface area contributed by atoms with Gasteiger partial charge < -0.3 is 9.47 Å². The van der Waals surface area contributed by atoms with Crippen molar-refractivity contribution in [2.45, 2.75) is 115 Å². The van der Waals surface area contributed by atoms with E-state index in [2.05, 4.69) is 38.1 Å². The number of rotatable bonds is 12. The second kappa shape index (κ2) is 11.1. The molecule has 4 heteroatoms. The molecule has 7 fully saturated rings. The van der Waals surface area contributed by atoms with Gasteiger partial charge in [-0.05, 0) is 133 Å². The van der Waals surface area contributed by atoms with E-state index in [-0.39, 0.29) is 11.9 Å². The zero-order chi connectivity index (χ0) is 28.9. The molecule has 0 heterocycles. The fraction of sp³-hybridized carbons (Fsp3) is 0.632. The molecule has 8 bridgehead atoms. The van der Waals surface area contributed by atoms with Crippen LogP contribution in [0.1, 0.15) is 115 Å². The fourth-order valence-corrected chi connectivity index (χ4v) is 10.8. The molecule has 0 radical (unpaired) electrons. The Labute approximate surface area is 251 Å². The minimum Gasteiger partial charge on any atom is -0.427 e. The third-order valence-electron chi connectivity index (χ3n) is 12.4. The lowest BCUT2D eigenvalue weighted by Gasteiger charge is -2.75. The van der Waals surface area contributed by atoms with Crippen LogP contribution in [0.15, 0.2) is 48.5 Å². The standard InChI is InChI=1S/C38H48O4/c1-3-5-7-9-35(39)41-27-15-11-25(12-16-27)37-19-29-32-22-38(23-33(29)31(21-37)34(24-38)30(32)20-37)26-13-17-28(18-14-26)42-36(40)10-8-6-4-2/h11-18,29-34H,3-10,19-24H2,1-2H3. The molecule has 0 aromatic heterocycles. The largest absolute Gasteiger partial charge is 0.427 e. The molecule has 0 atom stereocenters. The van der Waals surface area contributed by atoms with Crippen LogP contribution in [-0.4, -0.2) is 11.9 Å². The summed E-state index contributed by atoms with van der Waals surface area (Å²) < 4.78 is 11.3. The molecule has 4 nitrogen and oxygen atoms in total. The Hall–Kier alpha value is -2.62. The molecular formula is C38H48O4. The molecule has 0 unspecified atom stereocenters. The second-order valence-corrected chi connectivity index (χ2v) is 14.7. The van der Waals surface area contributed by atoms with Gasteiger partial charge in [0.2, 0.25) is 0 Å². The lowest BCUT2D eigenvalue weighted by Crippen LogP contribution is -2.69. The number of hydrogen-bond donors (Lipinski definition) is 0. The van der Waals surface area contributed by atoms with Crippen LogP contribution in [0.3, 0.4) is 0 Å². The molecular weight excluding hydrogens is 520 g/mol. The summed E-state index contributed by atoms with van der Waals surface area (Å²) in [6.07, 6.45) is 15.2. The predicted molar refractivity (Wildman–Crippen MR) is 164 cm³/mol. The lowest BCUT2D eigenvalue weighted by atomic mass is 9.29. The summed E-state index contributed by atoms with van der Waals surface area (Å²) in [7, 11) is 0. The molecule has 0 amide bonds. The molecule has 9 rings (SSSR count). The van der Waals surface area contributed by atoms with Crippen LogP contribution in [0.5, 0.6) is 11.5 Å². The van der Waals surface area contributed by atoms with Gasteiger partial charge in [-0.25, -0.2) is 0 Å². The van der Waals surface area contributed by atoms with Crippen molar-refractivity contribution in [1.29, 1.82) is 0 Å². The van der Waals surface area contributed by atoms with E-state index in [0.29, 0.717) is 35.2 Å². The first kappa shape index (κ1) is 28.2. The Balaban J connectivity index is 1.02. The maximum Gasteiger partial charge on any atom is 0.311 e. The van der Waals surface area contributed by atoms with E-state index in [4.69, 9.17) is 9.47 Å². The Bertz CT molecular complexity index is 1130. The number of benzene rings is 2. The third kappa shape index (κ3) is 4.81.